The molecule has 9 nitrogen and oxygen atoms in total. The Kier molecular flexibility index (Phi) is 6.33. The molecule has 2 aliphatic rings. The fourth-order valence-electron chi connectivity index (χ4n) is 4.02. The molecule has 7 unspecified atom stereocenters. The second-order valence-corrected chi connectivity index (χ2v) is 7.71. The van der Waals surface area contributed by atoms with Crippen LogP contribution in [0.5, 0.6) is 17.2 Å². The lowest BCUT2D eigenvalue weighted by atomic mass is 9.96. The van der Waals surface area contributed by atoms with Gasteiger partial charge in [-0.2, -0.15) is 0 Å². The molecule has 4 rings (SSSR count). The highest BCUT2D eigenvalue weighted by molar-refractivity contribution is 5.45. The molecule has 0 aliphatic carbocycles. The van der Waals surface area contributed by atoms with E-state index in [-0.39, 0.29) is 11.5 Å². The summed E-state index contributed by atoms with van der Waals surface area (Å²) in [4.78, 5) is 0. The highest BCUT2D eigenvalue weighted by Gasteiger charge is 2.48. The van der Waals surface area contributed by atoms with E-state index < -0.39 is 49.5 Å². The number of benzene rings is 2. The Morgan fingerprint density at radius 3 is 2.32 bits per heavy atom. The van der Waals surface area contributed by atoms with Crippen LogP contribution in [0.1, 0.15) is 17.2 Å². The molecular formula is C22H26O9. The minimum absolute atomic E-state index is 0.0415. The molecule has 1 saturated heterocycles. The molecule has 7 atom stereocenters. The number of fused-ring (bicyclic) bond motifs is 1. The number of aliphatic hydroxyl groups is 3. The summed E-state index contributed by atoms with van der Waals surface area (Å²) in [6.07, 6.45) is -6.57. The van der Waals surface area contributed by atoms with Gasteiger partial charge >= 0.3 is 0 Å². The molecule has 9 heteroatoms. The summed E-state index contributed by atoms with van der Waals surface area (Å²) < 4.78 is 23.1. The van der Waals surface area contributed by atoms with Gasteiger partial charge in [-0.3, -0.25) is 0 Å². The van der Waals surface area contributed by atoms with Crippen LogP contribution in [-0.4, -0.2) is 76.1 Å². The zero-order valence-electron chi connectivity index (χ0n) is 16.9. The molecule has 2 heterocycles. The van der Waals surface area contributed by atoms with Crippen LogP contribution in [0.4, 0.5) is 0 Å². The molecule has 5 N–H and O–H groups in total. The van der Waals surface area contributed by atoms with E-state index in [0.29, 0.717) is 17.7 Å². The molecule has 2 aliphatic heterocycles. The second-order valence-electron chi connectivity index (χ2n) is 7.71. The Balaban J connectivity index is 1.61. The summed E-state index contributed by atoms with van der Waals surface area (Å²) in [6.45, 7) is -0.483. The molecule has 168 valence electrons. The first kappa shape index (κ1) is 21.8. The highest BCUT2D eigenvalue weighted by Crippen LogP contribution is 2.44. The molecule has 0 saturated carbocycles. The van der Waals surface area contributed by atoms with Crippen LogP contribution in [-0.2, 0) is 20.6 Å². The van der Waals surface area contributed by atoms with Gasteiger partial charge in [0.15, 0.2) is 6.29 Å². The largest absolute Gasteiger partial charge is 0.508 e. The number of aromatic hydroxyl groups is 2. The average molecular weight is 434 g/mol. The molecule has 0 radical (unpaired) electrons. The number of phenols is 2. The molecule has 1 fully saturated rings. The lowest BCUT2D eigenvalue weighted by molar-refractivity contribution is -0.313. The average Bonchev–Trinajstić information content (AvgIpc) is 3.09. The number of phenolic OH excluding ortho intramolecular Hbond substituents is 2. The maximum atomic E-state index is 10.6. The minimum atomic E-state index is -1.37. The van der Waals surface area contributed by atoms with Crippen molar-refractivity contribution in [1.29, 1.82) is 0 Å². The minimum Gasteiger partial charge on any atom is -0.508 e. The first-order chi connectivity index (χ1) is 14.9. The Morgan fingerprint density at radius 1 is 0.935 bits per heavy atom. The van der Waals surface area contributed by atoms with Gasteiger partial charge in [-0.05, 0) is 29.8 Å². The van der Waals surface area contributed by atoms with Crippen LogP contribution in [0.3, 0.4) is 0 Å². The van der Waals surface area contributed by atoms with Gasteiger partial charge in [-0.1, -0.05) is 12.1 Å². The normalized spacial score (nSPS) is 32.5. The summed E-state index contributed by atoms with van der Waals surface area (Å²) in [5.41, 5.74) is 1.56. The Hall–Kier alpha value is -2.40. The third kappa shape index (κ3) is 4.33. The van der Waals surface area contributed by atoms with Crippen molar-refractivity contribution in [2.75, 3.05) is 13.7 Å². The number of ether oxygens (including phenoxy) is 4. The zero-order chi connectivity index (χ0) is 22.1. The molecular weight excluding hydrogens is 408 g/mol. The van der Waals surface area contributed by atoms with Gasteiger partial charge in [-0.15, -0.1) is 0 Å². The maximum Gasteiger partial charge on any atom is 0.186 e. The number of hydrogen-bond donors (Lipinski definition) is 5. The van der Waals surface area contributed by atoms with Gasteiger partial charge in [0.1, 0.15) is 53.9 Å². The quantitative estimate of drug-likeness (QED) is 0.443. The van der Waals surface area contributed by atoms with Crippen LogP contribution < -0.4 is 4.74 Å². The van der Waals surface area contributed by atoms with Gasteiger partial charge in [-0.25, -0.2) is 0 Å². The summed E-state index contributed by atoms with van der Waals surface area (Å²) >= 11 is 0. The van der Waals surface area contributed by atoms with Crippen molar-refractivity contribution in [3.05, 3.63) is 53.6 Å². The SMILES string of the molecule is COC1OC(CO)C(O)C(O)C1OC1c2ccc(O)cc2OC1Cc1ccc(O)cc1. The predicted octanol–water partition coefficient (Wildman–Crippen LogP) is 0.613. The van der Waals surface area contributed by atoms with Crippen LogP contribution >= 0.6 is 0 Å². The molecule has 2 aromatic carbocycles. The second kappa shape index (κ2) is 8.99. The monoisotopic (exact) mass is 434 g/mol. The Bertz CT molecular complexity index is 885. The number of rotatable bonds is 6. The van der Waals surface area contributed by atoms with Gasteiger partial charge < -0.3 is 44.5 Å². The smallest absolute Gasteiger partial charge is 0.186 e. The van der Waals surface area contributed by atoms with E-state index in [1.165, 1.54) is 19.2 Å². The van der Waals surface area contributed by atoms with E-state index in [9.17, 15) is 25.5 Å². The molecule has 31 heavy (non-hydrogen) atoms. The predicted molar refractivity (Wildman–Crippen MR) is 107 cm³/mol. The lowest BCUT2D eigenvalue weighted by Crippen LogP contribution is -2.60. The maximum absolute atomic E-state index is 10.6. The highest BCUT2D eigenvalue weighted by atomic mass is 16.7. The molecule has 0 amide bonds. The summed E-state index contributed by atoms with van der Waals surface area (Å²) in [5, 5.41) is 49.7. The van der Waals surface area contributed by atoms with Crippen molar-refractivity contribution in [3.8, 4) is 17.2 Å². The van der Waals surface area contributed by atoms with Gasteiger partial charge in [0.05, 0.1) is 6.61 Å². The van der Waals surface area contributed by atoms with E-state index in [4.69, 9.17) is 18.9 Å². The van der Waals surface area contributed by atoms with Crippen molar-refractivity contribution < 1.29 is 44.5 Å². The lowest BCUT2D eigenvalue weighted by Gasteiger charge is -2.42. The topological polar surface area (TPSA) is 138 Å². The van der Waals surface area contributed by atoms with Crippen molar-refractivity contribution in [1.82, 2.24) is 0 Å². The van der Waals surface area contributed by atoms with E-state index in [0.717, 1.165) is 5.56 Å². The molecule has 0 bridgehead atoms. The Labute approximate surface area is 179 Å². The summed E-state index contributed by atoms with van der Waals surface area (Å²) in [6, 6.07) is 11.4. The molecule has 0 spiro atoms. The first-order valence-corrected chi connectivity index (χ1v) is 9.99. The van der Waals surface area contributed by atoms with Crippen molar-refractivity contribution >= 4 is 0 Å². The third-order valence-corrected chi connectivity index (χ3v) is 5.65. The van der Waals surface area contributed by atoms with Crippen LogP contribution in [0, 0.1) is 0 Å². The summed E-state index contributed by atoms with van der Waals surface area (Å²) in [7, 11) is 1.38. The third-order valence-electron chi connectivity index (χ3n) is 5.65. The van der Waals surface area contributed by atoms with E-state index >= 15 is 0 Å². The van der Waals surface area contributed by atoms with Crippen molar-refractivity contribution in [3.63, 3.8) is 0 Å². The standard InChI is InChI=1S/C22H26O9/c1-28-22-21(19(27)18(26)17(10-23)30-22)31-20-14-7-6-13(25)9-15(14)29-16(20)8-11-2-4-12(24)5-3-11/h2-7,9,16-27H,8,10H2,1H3. The van der Waals surface area contributed by atoms with E-state index in [2.05, 4.69) is 0 Å². The fourth-order valence-corrected chi connectivity index (χ4v) is 4.02. The Morgan fingerprint density at radius 2 is 1.65 bits per heavy atom. The van der Waals surface area contributed by atoms with Gasteiger partial charge in [0.2, 0.25) is 0 Å². The van der Waals surface area contributed by atoms with Crippen molar-refractivity contribution in [2.45, 2.75) is 49.3 Å². The van der Waals surface area contributed by atoms with E-state index in [1.54, 1.807) is 30.3 Å². The number of hydrogen-bond acceptors (Lipinski definition) is 9. The van der Waals surface area contributed by atoms with E-state index in [1.807, 2.05) is 0 Å². The molecule has 2 aromatic rings. The number of aliphatic hydroxyl groups excluding tert-OH is 3. The fraction of sp³-hybridized carbons (Fsp3) is 0.455. The zero-order valence-corrected chi connectivity index (χ0v) is 16.9. The summed E-state index contributed by atoms with van der Waals surface area (Å²) in [5.74, 6) is 0.637. The van der Waals surface area contributed by atoms with Crippen molar-refractivity contribution in [2.24, 2.45) is 0 Å². The van der Waals surface area contributed by atoms with Gasteiger partial charge in [0.25, 0.3) is 0 Å². The van der Waals surface area contributed by atoms with Crippen LogP contribution in [0.25, 0.3) is 0 Å². The van der Waals surface area contributed by atoms with Gasteiger partial charge in [0, 0.05) is 25.2 Å². The first-order valence-electron chi connectivity index (χ1n) is 9.99. The molecule has 0 aromatic heterocycles. The van der Waals surface area contributed by atoms with Crippen LogP contribution in [0.15, 0.2) is 42.5 Å². The van der Waals surface area contributed by atoms with Crippen LogP contribution in [0.2, 0.25) is 0 Å². The number of methoxy groups -OCH3 is 1.